The van der Waals surface area contributed by atoms with Gasteiger partial charge in [0.1, 0.15) is 11.9 Å². The zero-order chi connectivity index (χ0) is 22.8. The summed E-state index contributed by atoms with van der Waals surface area (Å²) in [4.78, 5) is 36.2. The summed E-state index contributed by atoms with van der Waals surface area (Å²) in [7, 11) is 0. The van der Waals surface area contributed by atoms with E-state index in [0.717, 1.165) is 31.2 Å². The molecule has 0 amide bonds. The zero-order valence-corrected chi connectivity index (χ0v) is 19.1. The van der Waals surface area contributed by atoms with Crippen LogP contribution in [0.4, 0.5) is 0 Å². The number of hydrogen-bond donors (Lipinski definition) is 0. The van der Waals surface area contributed by atoms with E-state index in [2.05, 4.69) is 13.0 Å². The fourth-order valence-electron chi connectivity index (χ4n) is 7.41. The van der Waals surface area contributed by atoms with Gasteiger partial charge in [-0.3, -0.25) is 14.4 Å². The van der Waals surface area contributed by atoms with E-state index in [1.807, 2.05) is 18.2 Å². The molecule has 0 radical (unpaired) electrons. The molecule has 1 unspecified atom stereocenters. The molecule has 0 heterocycles. The van der Waals surface area contributed by atoms with Gasteiger partial charge in [0.05, 0.1) is 0 Å². The van der Waals surface area contributed by atoms with Gasteiger partial charge in [0.2, 0.25) is 0 Å². The van der Waals surface area contributed by atoms with Crippen LogP contribution in [0, 0.1) is 17.3 Å². The molecular weight excluding hydrogens is 408 g/mol. The maximum absolute atomic E-state index is 12.4. The fourth-order valence-corrected chi connectivity index (χ4v) is 7.41. The molecule has 5 aliphatic carbocycles. The number of benzene rings is 1. The second-order valence-corrected chi connectivity index (χ2v) is 10.1. The molecule has 6 rings (SSSR count). The molecule has 0 saturated heterocycles. The summed E-state index contributed by atoms with van der Waals surface area (Å²) in [6.45, 7) is 6.41. The van der Waals surface area contributed by atoms with Gasteiger partial charge in [-0.2, -0.15) is 0 Å². The first-order chi connectivity index (χ1) is 15.2. The minimum absolute atomic E-state index is 0.275. The zero-order valence-electron chi connectivity index (χ0n) is 19.1. The minimum Gasteiger partial charge on any atom is -0.458 e. The molecule has 6 atom stereocenters. The van der Waals surface area contributed by atoms with Gasteiger partial charge in [-0.25, -0.2) is 0 Å². The Balaban J connectivity index is 1.78. The van der Waals surface area contributed by atoms with E-state index in [0.29, 0.717) is 24.0 Å². The van der Waals surface area contributed by atoms with Crippen LogP contribution in [0.15, 0.2) is 18.2 Å². The van der Waals surface area contributed by atoms with E-state index < -0.39 is 17.7 Å². The Morgan fingerprint density at radius 1 is 1.03 bits per heavy atom. The van der Waals surface area contributed by atoms with E-state index in [1.165, 1.54) is 31.9 Å². The normalized spacial score (nSPS) is 36.0. The predicted molar refractivity (Wildman–Crippen MR) is 117 cm³/mol. The number of carbonyl (C=O) groups excluding carboxylic acids is 3. The van der Waals surface area contributed by atoms with Crippen LogP contribution in [0.2, 0.25) is 0 Å². The monoisotopic (exact) mass is 438 g/mol. The molecule has 0 N–H and O–H groups in total. The third-order valence-corrected chi connectivity index (χ3v) is 8.52. The standard InChI is InChI=1S/C26H30O6/c1-14(27)30-23-8-7-17-18-5-6-20-19(17)9-11-25(4)22(20)13-24(31-15(2)28)26(25,32-16(3)29)12-10-21(18)23/h7-8,10,12,19-20,22,24H,5-6,9,11,13H2,1-4H3/t19?,20-,22+,24+,25-,26+/m0/s1. The van der Waals surface area contributed by atoms with E-state index in [9.17, 15) is 14.4 Å². The van der Waals surface area contributed by atoms with Gasteiger partial charge >= 0.3 is 17.9 Å². The number of fused-ring (bicyclic) bond motifs is 1. The Kier molecular flexibility index (Phi) is 4.77. The molecule has 2 fully saturated rings. The molecule has 1 aromatic carbocycles. The van der Waals surface area contributed by atoms with Gasteiger partial charge < -0.3 is 14.2 Å². The topological polar surface area (TPSA) is 78.9 Å². The molecule has 170 valence electrons. The molecule has 2 saturated carbocycles. The van der Waals surface area contributed by atoms with Gasteiger partial charge in [0.15, 0.2) is 5.60 Å². The SMILES string of the molecule is CC(=O)Oc1ccc2c3c1C=C[C@@]1(OC(C)=O)[C@H](OC(C)=O)C[C@@H]4[C@@H](CC3)C2CC[C@@]41C. The van der Waals surface area contributed by atoms with Crippen molar-refractivity contribution in [3.8, 4) is 5.75 Å². The highest BCUT2D eigenvalue weighted by Gasteiger charge is 2.69. The summed E-state index contributed by atoms with van der Waals surface area (Å²) < 4.78 is 17.5. The Morgan fingerprint density at radius 2 is 1.81 bits per heavy atom. The smallest absolute Gasteiger partial charge is 0.308 e. The Bertz CT molecular complexity index is 1040. The molecule has 8 bridgehead atoms. The maximum atomic E-state index is 12.4. The van der Waals surface area contributed by atoms with Crippen LogP contribution in [-0.2, 0) is 30.3 Å². The molecule has 6 nitrogen and oxygen atoms in total. The Labute approximate surface area is 188 Å². The quantitative estimate of drug-likeness (QED) is 0.516. The van der Waals surface area contributed by atoms with Gasteiger partial charge in [-0.1, -0.05) is 19.1 Å². The van der Waals surface area contributed by atoms with Crippen molar-refractivity contribution in [1.82, 2.24) is 0 Å². The minimum atomic E-state index is -1.06. The van der Waals surface area contributed by atoms with E-state index in [1.54, 1.807) is 0 Å². The fraction of sp³-hybridized carbons (Fsp3) is 0.577. The van der Waals surface area contributed by atoms with Crippen molar-refractivity contribution >= 4 is 24.0 Å². The second-order valence-electron chi connectivity index (χ2n) is 10.1. The summed E-state index contributed by atoms with van der Waals surface area (Å²) in [5.74, 6) is 0.483. The van der Waals surface area contributed by atoms with Crippen LogP contribution in [0.5, 0.6) is 5.75 Å². The van der Waals surface area contributed by atoms with Gasteiger partial charge in [0.25, 0.3) is 0 Å². The molecule has 0 spiro atoms. The van der Waals surface area contributed by atoms with Crippen LogP contribution in [0.25, 0.3) is 6.08 Å². The highest BCUT2D eigenvalue weighted by molar-refractivity contribution is 5.75. The Morgan fingerprint density at radius 3 is 2.50 bits per heavy atom. The van der Waals surface area contributed by atoms with E-state index in [-0.39, 0.29) is 23.3 Å². The number of ether oxygens (including phenoxy) is 3. The first-order valence-corrected chi connectivity index (χ1v) is 11.6. The second kappa shape index (κ2) is 7.19. The van der Waals surface area contributed by atoms with Crippen LogP contribution >= 0.6 is 0 Å². The summed E-state index contributed by atoms with van der Waals surface area (Å²) in [6, 6.07) is 4.02. The summed E-state index contributed by atoms with van der Waals surface area (Å²) in [6.07, 6.45) is 7.79. The van der Waals surface area contributed by atoms with Crippen molar-refractivity contribution in [3.05, 3.63) is 34.9 Å². The average molecular weight is 439 g/mol. The molecular formula is C26H30O6. The lowest BCUT2D eigenvalue weighted by atomic mass is 9.52. The third-order valence-electron chi connectivity index (χ3n) is 8.52. The van der Waals surface area contributed by atoms with Crippen LogP contribution in [0.1, 0.15) is 76.0 Å². The summed E-state index contributed by atoms with van der Waals surface area (Å²) in [5, 5.41) is 0. The lowest BCUT2D eigenvalue weighted by Gasteiger charge is -2.54. The summed E-state index contributed by atoms with van der Waals surface area (Å²) in [5.41, 5.74) is 2.01. The largest absolute Gasteiger partial charge is 0.458 e. The van der Waals surface area contributed by atoms with Crippen LogP contribution in [-0.4, -0.2) is 29.6 Å². The molecule has 6 heteroatoms. The lowest BCUT2D eigenvalue weighted by molar-refractivity contribution is -0.188. The van der Waals surface area contributed by atoms with Crippen molar-refractivity contribution < 1.29 is 28.6 Å². The highest BCUT2D eigenvalue weighted by atomic mass is 16.6. The molecule has 0 aromatic heterocycles. The van der Waals surface area contributed by atoms with Crippen LogP contribution < -0.4 is 4.74 Å². The Hall–Kier alpha value is -2.63. The van der Waals surface area contributed by atoms with Crippen molar-refractivity contribution in [3.63, 3.8) is 0 Å². The first-order valence-electron chi connectivity index (χ1n) is 11.6. The molecule has 32 heavy (non-hydrogen) atoms. The van der Waals surface area contributed by atoms with Crippen molar-refractivity contribution in [2.45, 2.75) is 77.4 Å². The third kappa shape index (κ3) is 2.87. The van der Waals surface area contributed by atoms with Crippen molar-refractivity contribution in [2.24, 2.45) is 17.3 Å². The maximum Gasteiger partial charge on any atom is 0.308 e. The van der Waals surface area contributed by atoms with Gasteiger partial charge in [0, 0.05) is 31.7 Å². The van der Waals surface area contributed by atoms with Crippen LogP contribution in [0.3, 0.4) is 0 Å². The molecule has 1 aromatic rings. The lowest BCUT2D eigenvalue weighted by Crippen LogP contribution is -2.56. The average Bonchev–Trinajstić information content (AvgIpc) is 2.91. The number of esters is 3. The highest BCUT2D eigenvalue weighted by Crippen LogP contribution is 2.67. The van der Waals surface area contributed by atoms with Gasteiger partial charge in [-0.05, 0) is 73.1 Å². The van der Waals surface area contributed by atoms with E-state index in [4.69, 9.17) is 14.2 Å². The first kappa shape index (κ1) is 21.2. The van der Waals surface area contributed by atoms with Gasteiger partial charge in [-0.15, -0.1) is 0 Å². The molecule has 0 aliphatic heterocycles. The predicted octanol–water partition coefficient (Wildman–Crippen LogP) is 4.34. The van der Waals surface area contributed by atoms with Crippen molar-refractivity contribution in [1.29, 1.82) is 0 Å². The summed E-state index contributed by atoms with van der Waals surface area (Å²) >= 11 is 0. The van der Waals surface area contributed by atoms with Crippen molar-refractivity contribution in [2.75, 3.05) is 0 Å². The number of rotatable bonds is 3. The molecule has 5 aliphatic rings. The number of carbonyl (C=O) groups is 3. The van der Waals surface area contributed by atoms with E-state index >= 15 is 0 Å². The number of hydrogen-bond acceptors (Lipinski definition) is 6.